The Balaban J connectivity index is 0.000000980. The van der Waals surface area contributed by atoms with Crippen molar-refractivity contribution in [1.29, 1.82) is 0 Å². The third kappa shape index (κ3) is 1.51. The van der Waals surface area contributed by atoms with Gasteiger partial charge in [0.1, 0.15) is 5.75 Å². The minimum absolute atomic E-state index is 0. The van der Waals surface area contributed by atoms with Crippen molar-refractivity contribution in [3.8, 4) is 5.75 Å². The molecule has 0 fully saturated rings. The summed E-state index contributed by atoms with van der Waals surface area (Å²) < 4.78 is 0.981. The van der Waals surface area contributed by atoms with Crippen molar-refractivity contribution in [1.82, 2.24) is 4.98 Å². The van der Waals surface area contributed by atoms with Gasteiger partial charge in [0.25, 0.3) is 0 Å². The van der Waals surface area contributed by atoms with E-state index in [1.54, 1.807) is 6.07 Å². The van der Waals surface area contributed by atoms with Gasteiger partial charge in [0.05, 0.1) is 10.2 Å². The molecule has 0 aliphatic heterocycles. The maximum atomic E-state index is 9.55. The van der Waals surface area contributed by atoms with Gasteiger partial charge >= 0.3 is 0 Å². The van der Waals surface area contributed by atoms with Gasteiger partial charge in [-0.15, -0.1) is 12.4 Å². The molecule has 5 heteroatoms. The number of halogens is 1. The van der Waals surface area contributed by atoms with Gasteiger partial charge in [-0.3, -0.25) is 0 Å². The van der Waals surface area contributed by atoms with E-state index < -0.39 is 0 Å². The minimum Gasteiger partial charge on any atom is -0.508 e. The molecule has 0 spiro atoms. The smallest absolute Gasteiger partial charge is 0.181 e. The maximum absolute atomic E-state index is 9.55. The summed E-state index contributed by atoms with van der Waals surface area (Å²) in [5.41, 5.74) is 8.33. The van der Waals surface area contributed by atoms with Crippen LogP contribution in [0.2, 0.25) is 0 Å². The highest BCUT2D eigenvalue weighted by Gasteiger charge is 2.09. The second-order valence-corrected chi connectivity index (χ2v) is 4.10. The molecule has 3 nitrogen and oxygen atoms in total. The molecule has 2 aromatic rings. The van der Waals surface area contributed by atoms with E-state index in [1.807, 2.05) is 13.8 Å². The summed E-state index contributed by atoms with van der Waals surface area (Å²) in [4.78, 5) is 4.20. The van der Waals surface area contributed by atoms with Gasteiger partial charge in [-0.05, 0) is 25.5 Å². The van der Waals surface area contributed by atoms with Crippen molar-refractivity contribution in [3.05, 3.63) is 17.2 Å². The number of aromatic nitrogens is 1. The van der Waals surface area contributed by atoms with E-state index in [2.05, 4.69) is 4.98 Å². The van der Waals surface area contributed by atoms with Gasteiger partial charge in [-0.25, -0.2) is 4.98 Å². The third-order valence-corrected chi connectivity index (χ3v) is 3.10. The Labute approximate surface area is 92.0 Å². The van der Waals surface area contributed by atoms with E-state index in [4.69, 9.17) is 5.73 Å². The van der Waals surface area contributed by atoms with Crippen molar-refractivity contribution in [2.24, 2.45) is 0 Å². The van der Waals surface area contributed by atoms with Crippen LogP contribution in [0.15, 0.2) is 6.07 Å². The van der Waals surface area contributed by atoms with Crippen molar-refractivity contribution in [3.63, 3.8) is 0 Å². The fraction of sp³-hybridized carbons (Fsp3) is 0.222. The summed E-state index contributed by atoms with van der Waals surface area (Å²) in [5, 5.41) is 10.1. The number of aryl methyl sites for hydroxylation is 2. The van der Waals surface area contributed by atoms with E-state index in [-0.39, 0.29) is 12.4 Å². The lowest BCUT2D eigenvalue weighted by Gasteiger charge is -2.01. The van der Waals surface area contributed by atoms with Gasteiger partial charge in [0.2, 0.25) is 0 Å². The van der Waals surface area contributed by atoms with Crippen molar-refractivity contribution in [2.45, 2.75) is 13.8 Å². The van der Waals surface area contributed by atoms with E-state index in [9.17, 15) is 5.11 Å². The second-order valence-electron chi connectivity index (χ2n) is 3.07. The zero-order valence-corrected chi connectivity index (χ0v) is 9.50. The fourth-order valence-corrected chi connectivity index (χ4v) is 2.26. The van der Waals surface area contributed by atoms with Crippen LogP contribution in [0.4, 0.5) is 5.13 Å². The lowest BCUT2D eigenvalue weighted by molar-refractivity contribution is 0.472. The summed E-state index contributed by atoms with van der Waals surface area (Å²) in [6.45, 7) is 3.79. The Morgan fingerprint density at radius 2 is 2.07 bits per heavy atom. The minimum atomic E-state index is 0. The largest absolute Gasteiger partial charge is 0.508 e. The maximum Gasteiger partial charge on any atom is 0.181 e. The standard InChI is InChI=1S/C9H10N2OS.ClH/c1-4-3-6(12)5(2)8-7(4)11-9(10)13-8;/h3,12H,1-2H3,(H2,10,11);1H. The van der Waals surface area contributed by atoms with Crippen LogP contribution < -0.4 is 5.73 Å². The molecule has 76 valence electrons. The summed E-state index contributed by atoms with van der Waals surface area (Å²) in [7, 11) is 0. The van der Waals surface area contributed by atoms with Crippen LogP contribution in [0, 0.1) is 13.8 Å². The van der Waals surface area contributed by atoms with Gasteiger partial charge in [-0.1, -0.05) is 11.3 Å². The number of rotatable bonds is 0. The molecular formula is C9H11ClN2OS. The van der Waals surface area contributed by atoms with Crippen LogP contribution in [0.1, 0.15) is 11.1 Å². The zero-order valence-electron chi connectivity index (χ0n) is 7.87. The number of aromatic hydroxyl groups is 1. The van der Waals surface area contributed by atoms with Crippen LogP contribution in [-0.2, 0) is 0 Å². The Kier molecular flexibility index (Phi) is 2.87. The lowest BCUT2D eigenvalue weighted by Crippen LogP contribution is -1.82. The normalized spacial score (nSPS) is 10.1. The number of hydrogen-bond donors (Lipinski definition) is 2. The monoisotopic (exact) mass is 230 g/mol. The molecule has 0 unspecified atom stereocenters. The van der Waals surface area contributed by atoms with E-state index in [0.717, 1.165) is 21.3 Å². The van der Waals surface area contributed by atoms with Crippen molar-refractivity contribution in [2.75, 3.05) is 5.73 Å². The molecule has 0 radical (unpaired) electrons. The zero-order chi connectivity index (χ0) is 9.59. The van der Waals surface area contributed by atoms with E-state index >= 15 is 0 Å². The number of benzene rings is 1. The number of nitrogens with zero attached hydrogens (tertiary/aromatic N) is 1. The number of hydrogen-bond acceptors (Lipinski definition) is 4. The molecule has 14 heavy (non-hydrogen) atoms. The Morgan fingerprint density at radius 1 is 1.43 bits per heavy atom. The van der Waals surface area contributed by atoms with Crippen molar-refractivity contribution < 1.29 is 5.11 Å². The highest BCUT2D eigenvalue weighted by molar-refractivity contribution is 7.22. The molecule has 0 saturated carbocycles. The van der Waals surface area contributed by atoms with Crippen LogP contribution in [-0.4, -0.2) is 10.1 Å². The summed E-state index contributed by atoms with van der Waals surface area (Å²) in [6, 6.07) is 1.72. The number of anilines is 1. The van der Waals surface area contributed by atoms with Gasteiger partial charge in [0, 0.05) is 5.56 Å². The lowest BCUT2D eigenvalue weighted by atomic mass is 10.1. The molecule has 1 aromatic heterocycles. The fourth-order valence-electron chi connectivity index (χ4n) is 1.36. The van der Waals surface area contributed by atoms with Gasteiger partial charge in [0.15, 0.2) is 5.13 Å². The molecular weight excluding hydrogens is 220 g/mol. The van der Waals surface area contributed by atoms with Gasteiger partial charge < -0.3 is 10.8 Å². The number of thiazole rings is 1. The van der Waals surface area contributed by atoms with Crippen LogP contribution in [0.3, 0.4) is 0 Å². The molecule has 1 heterocycles. The molecule has 0 amide bonds. The number of phenolic OH excluding ortho intramolecular Hbond substituents is 1. The van der Waals surface area contributed by atoms with Crippen molar-refractivity contribution >= 4 is 39.1 Å². The van der Waals surface area contributed by atoms with Crippen LogP contribution in [0.5, 0.6) is 5.75 Å². The SMILES string of the molecule is Cc1cc(O)c(C)c2sc(N)nc12.Cl. The molecule has 0 aliphatic carbocycles. The third-order valence-electron chi connectivity index (χ3n) is 2.10. The number of nitrogen functional groups attached to an aromatic ring is 1. The molecule has 0 saturated heterocycles. The Bertz CT molecular complexity index is 481. The molecule has 0 aliphatic rings. The summed E-state index contributed by atoms with van der Waals surface area (Å²) in [6.07, 6.45) is 0. The molecule has 2 rings (SSSR count). The van der Waals surface area contributed by atoms with Crippen LogP contribution >= 0.6 is 23.7 Å². The summed E-state index contributed by atoms with van der Waals surface area (Å²) >= 11 is 1.41. The average Bonchev–Trinajstić information content (AvgIpc) is 2.44. The highest BCUT2D eigenvalue weighted by atomic mass is 35.5. The number of phenols is 1. The predicted octanol–water partition coefficient (Wildman–Crippen LogP) is 2.62. The summed E-state index contributed by atoms with van der Waals surface area (Å²) in [5.74, 6) is 0.314. The first kappa shape index (κ1) is 11.1. The molecule has 3 N–H and O–H groups in total. The first-order valence-electron chi connectivity index (χ1n) is 3.95. The topological polar surface area (TPSA) is 59.1 Å². The van der Waals surface area contributed by atoms with Crippen LogP contribution in [0.25, 0.3) is 10.2 Å². The predicted molar refractivity (Wildman–Crippen MR) is 62.4 cm³/mol. The second kappa shape index (κ2) is 3.63. The van der Waals surface area contributed by atoms with Gasteiger partial charge in [-0.2, -0.15) is 0 Å². The van der Waals surface area contributed by atoms with E-state index in [0.29, 0.717) is 10.9 Å². The first-order valence-corrected chi connectivity index (χ1v) is 4.76. The highest BCUT2D eigenvalue weighted by Crippen LogP contribution is 2.34. The quantitative estimate of drug-likeness (QED) is 0.732. The molecule has 0 bridgehead atoms. The van der Waals surface area contributed by atoms with E-state index in [1.165, 1.54) is 11.3 Å². The molecule has 0 atom stereocenters. The number of fused-ring (bicyclic) bond motifs is 1. The average molecular weight is 231 g/mol. The molecule has 1 aromatic carbocycles. The number of nitrogens with two attached hydrogens (primary N) is 1. The first-order chi connectivity index (χ1) is 6.09. The Hall–Kier alpha value is -1.00. The Morgan fingerprint density at radius 3 is 2.71 bits per heavy atom.